The van der Waals surface area contributed by atoms with E-state index >= 15 is 0 Å². The molecule has 0 bridgehead atoms. The van der Waals surface area contributed by atoms with Gasteiger partial charge in [-0.1, -0.05) is 0 Å². The molecule has 2 aliphatic heterocycles. The summed E-state index contributed by atoms with van der Waals surface area (Å²) in [4.78, 5) is 2.45. The maximum absolute atomic E-state index is 7.50. The minimum atomic E-state index is -0.602. The summed E-state index contributed by atoms with van der Waals surface area (Å²) in [6.45, 7) is 31.5. The summed E-state index contributed by atoms with van der Waals surface area (Å²) in [5.41, 5.74) is 6.24. The van der Waals surface area contributed by atoms with Crippen LogP contribution in [0.1, 0.15) is 38.3 Å². The van der Waals surface area contributed by atoms with Gasteiger partial charge in [0.25, 0.3) is 0 Å². The van der Waals surface area contributed by atoms with Crippen molar-refractivity contribution >= 4 is 36.0 Å². The quantitative estimate of drug-likeness (QED) is 0.233. The van der Waals surface area contributed by atoms with Gasteiger partial charge in [0.2, 0.25) is 0 Å². The van der Waals surface area contributed by atoms with Gasteiger partial charge in [-0.15, -0.1) is 0 Å². The van der Waals surface area contributed by atoms with Crippen LogP contribution in [0, 0.1) is 38.7 Å². The van der Waals surface area contributed by atoms with Crippen LogP contribution in [-0.4, -0.2) is 61.7 Å². The summed E-state index contributed by atoms with van der Waals surface area (Å²) >= 11 is 6.45. The van der Waals surface area contributed by atoms with E-state index in [1.807, 2.05) is 13.8 Å². The molecule has 2 heterocycles. The van der Waals surface area contributed by atoms with E-state index in [9.17, 15) is 0 Å². The zero-order valence-corrected chi connectivity index (χ0v) is 27.3. The van der Waals surface area contributed by atoms with E-state index in [0.717, 1.165) is 27.7 Å². The van der Waals surface area contributed by atoms with Crippen LogP contribution in [-0.2, 0) is 53.3 Å². The van der Waals surface area contributed by atoms with Gasteiger partial charge in [-0.25, -0.2) is 0 Å². The fraction of sp³-hybridized carbons (Fsp3) is 0.303. The molecule has 0 N–H and O–H groups in total. The molecule has 0 aromatic heterocycles. The molecule has 1 spiro atoms. The van der Waals surface area contributed by atoms with E-state index in [0.29, 0.717) is 19.8 Å². The number of rotatable bonds is 8. The average Bonchev–Trinajstić information content (AvgIpc) is 3.56. The normalized spacial score (nSPS) is 20.0. The molecular formula is C33H29CrNO8Se. The summed E-state index contributed by atoms with van der Waals surface area (Å²) in [6, 6.07) is 21.2. The molecule has 2 atom stereocenters. The van der Waals surface area contributed by atoms with E-state index in [-0.39, 0.29) is 5.41 Å². The first-order valence-corrected chi connectivity index (χ1v) is 14.4. The summed E-state index contributed by atoms with van der Waals surface area (Å²) < 4.78 is 58.1. The van der Waals surface area contributed by atoms with E-state index in [4.69, 9.17) is 37.5 Å². The van der Waals surface area contributed by atoms with Gasteiger partial charge in [-0.3, -0.25) is 0 Å². The molecule has 3 aliphatic rings. The van der Waals surface area contributed by atoms with Gasteiger partial charge < -0.3 is 0 Å². The fourth-order valence-corrected chi connectivity index (χ4v) is 7.11. The molecule has 0 radical (unpaired) electrons. The van der Waals surface area contributed by atoms with Crippen LogP contribution in [0.2, 0.25) is 0 Å². The molecule has 2 aromatic rings. The molecule has 5 rings (SSSR count). The third-order valence-electron chi connectivity index (χ3n) is 7.09. The van der Waals surface area contributed by atoms with Crippen molar-refractivity contribution in [3.05, 3.63) is 116 Å². The Labute approximate surface area is 274 Å². The minimum absolute atomic E-state index is 0.286. The first-order chi connectivity index (χ1) is 21.5. The third kappa shape index (κ3) is 7.59. The van der Waals surface area contributed by atoms with Crippen LogP contribution in [0.15, 0.2) is 71.8 Å². The van der Waals surface area contributed by atoms with Gasteiger partial charge in [0, 0.05) is 0 Å². The van der Waals surface area contributed by atoms with Crippen LogP contribution in [0.4, 0.5) is 0 Å². The standard InChI is InChI=1S/C28H29NO3Se.5CO.Cr/c1-4-30-19-22-18-27(3)23(20-12-8-6-9-13-20)24(26(33)31-5-2)28(27)29(16-17-32-28)25(22)21-14-10-7-11-15-21;5*1-2;/h6-15H,4-5,16-18H2,1-3H3;;;;;;. The number of hydrogen-bond acceptors (Lipinski definition) is 4. The molecule has 1 aliphatic carbocycles. The van der Waals surface area contributed by atoms with E-state index in [2.05, 4.69) is 137 Å². The second-order valence-electron chi connectivity index (χ2n) is 8.90. The molecule has 44 heavy (non-hydrogen) atoms. The van der Waals surface area contributed by atoms with Gasteiger partial charge in [0.15, 0.2) is 0 Å². The number of benzene rings is 2. The third-order valence-corrected chi connectivity index (χ3v) is 8.34. The molecule has 0 amide bonds. The van der Waals surface area contributed by atoms with Gasteiger partial charge in [0.1, 0.15) is 0 Å². The second-order valence-corrected chi connectivity index (χ2v) is 10.3. The summed E-state index contributed by atoms with van der Waals surface area (Å²) in [7, 11) is 0. The first kappa shape index (κ1) is 40.9. The SMILES string of the molecule is CCO[C](=[Cr])C1=C(c2ccccc2)N2CCOC23C(C(=[Se])OCC)=C(c2ccccc2)C3(C)C1.[C-]#[O+].[C-]#[O+].[C-]#[O+].[C-]#[O+].[C-]#[O+]. The predicted molar refractivity (Wildman–Crippen MR) is 154 cm³/mol. The van der Waals surface area contributed by atoms with Crippen molar-refractivity contribution in [1.29, 1.82) is 0 Å². The van der Waals surface area contributed by atoms with Gasteiger partial charge in [-0.2, -0.15) is 0 Å². The Kier molecular flexibility index (Phi) is 19.4. The van der Waals surface area contributed by atoms with Crippen molar-refractivity contribution in [2.45, 2.75) is 32.9 Å². The van der Waals surface area contributed by atoms with Crippen molar-refractivity contribution in [3.8, 4) is 0 Å². The zero-order valence-electron chi connectivity index (χ0n) is 24.3. The van der Waals surface area contributed by atoms with Gasteiger partial charge in [-0.05, 0) is 0 Å². The molecule has 2 unspecified atom stereocenters. The molecule has 9 nitrogen and oxygen atoms in total. The van der Waals surface area contributed by atoms with Crippen LogP contribution < -0.4 is 0 Å². The van der Waals surface area contributed by atoms with Crippen LogP contribution in [0.25, 0.3) is 11.3 Å². The van der Waals surface area contributed by atoms with Crippen LogP contribution in [0.3, 0.4) is 0 Å². The van der Waals surface area contributed by atoms with E-state index in [1.54, 1.807) is 0 Å². The second kappa shape index (κ2) is 20.8. The zero-order chi connectivity index (χ0) is 33.9. The van der Waals surface area contributed by atoms with E-state index < -0.39 is 5.72 Å². The Hall–Kier alpha value is -3.07. The topological polar surface area (TPSA) is 130 Å². The Bertz CT molecular complexity index is 1390. The fourth-order valence-electron chi connectivity index (χ4n) is 5.91. The molecule has 1 saturated heterocycles. The van der Waals surface area contributed by atoms with Crippen molar-refractivity contribution in [2.24, 2.45) is 5.41 Å². The Morgan fingerprint density at radius 2 is 1.32 bits per heavy atom. The summed E-state index contributed by atoms with van der Waals surface area (Å²) in [6.07, 6.45) is 0.795. The van der Waals surface area contributed by atoms with Crippen LogP contribution >= 0.6 is 0 Å². The summed E-state index contributed by atoms with van der Waals surface area (Å²) in [5.74, 6) is 0. The van der Waals surface area contributed by atoms with Crippen molar-refractivity contribution in [2.75, 3.05) is 26.4 Å². The molecule has 226 valence electrons. The molecule has 2 aromatic carbocycles. The van der Waals surface area contributed by atoms with Crippen molar-refractivity contribution < 1.29 is 53.3 Å². The summed E-state index contributed by atoms with van der Waals surface area (Å²) in [5, 5.41) is 0. The Balaban J connectivity index is 0.00000169. The monoisotopic (exact) mass is 699 g/mol. The van der Waals surface area contributed by atoms with E-state index in [1.165, 1.54) is 28.0 Å². The van der Waals surface area contributed by atoms with Crippen molar-refractivity contribution in [3.63, 3.8) is 0 Å². The molecule has 11 heteroatoms. The number of ether oxygens (including phenoxy) is 3. The number of hydrogen-bond donors (Lipinski definition) is 0. The molecule has 0 saturated carbocycles. The van der Waals surface area contributed by atoms with Gasteiger partial charge in [0.05, 0.1) is 0 Å². The molecule has 1 fully saturated rings. The van der Waals surface area contributed by atoms with Gasteiger partial charge >= 0.3 is 275 Å². The predicted octanol–water partition coefficient (Wildman–Crippen LogP) is 4.16. The first-order valence-electron chi connectivity index (χ1n) is 12.9. The van der Waals surface area contributed by atoms with Crippen molar-refractivity contribution in [1.82, 2.24) is 4.90 Å². The Morgan fingerprint density at radius 1 is 0.841 bits per heavy atom. The average molecular weight is 699 g/mol. The Morgan fingerprint density at radius 3 is 1.80 bits per heavy atom. The number of nitrogens with zero attached hydrogens (tertiary/aromatic N) is 1. The maximum atomic E-state index is 7.50. The van der Waals surface area contributed by atoms with Crippen LogP contribution in [0.5, 0.6) is 0 Å². The molecular weight excluding hydrogens is 669 g/mol.